The Bertz CT molecular complexity index is 441. The molecule has 19 heavy (non-hydrogen) atoms. The highest BCUT2D eigenvalue weighted by atomic mass is 35.5. The lowest BCUT2D eigenvalue weighted by Gasteiger charge is -2.10. The highest BCUT2D eigenvalue weighted by Gasteiger charge is 2.11. The van der Waals surface area contributed by atoms with E-state index in [2.05, 4.69) is 25.6 Å². The fourth-order valence-electron chi connectivity index (χ4n) is 1.16. The smallest absolute Gasteiger partial charge is 0.228 e. The number of rotatable bonds is 7. The molecule has 1 rings (SSSR count). The summed E-state index contributed by atoms with van der Waals surface area (Å²) < 4.78 is 0. The van der Waals surface area contributed by atoms with Crippen LogP contribution in [0.2, 0.25) is 5.28 Å². The van der Waals surface area contributed by atoms with Gasteiger partial charge in [-0.25, -0.2) is 0 Å². The molecule has 6 nitrogen and oxygen atoms in total. The second kappa shape index (κ2) is 7.67. The van der Waals surface area contributed by atoms with E-state index in [4.69, 9.17) is 34.8 Å². The molecule has 0 aliphatic rings. The van der Waals surface area contributed by atoms with Gasteiger partial charge in [-0.15, -0.1) is 0 Å². The van der Waals surface area contributed by atoms with Crippen LogP contribution in [0.1, 0.15) is 20.3 Å². The van der Waals surface area contributed by atoms with E-state index in [-0.39, 0.29) is 29.5 Å². The predicted octanol–water partition coefficient (Wildman–Crippen LogP) is 2.52. The van der Waals surface area contributed by atoms with Crippen LogP contribution in [0.15, 0.2) is 0 Å². The second-order valence-electron chi connectivity index (χ2n) is 3.99. The molecule has 0 radical (unpaired) electrons. The molecular weight excluding hydrogens is 313 g/mol. The van der Waals surface area contributed by atoms with Gasteiger partial charge in [0.05, 0.1) is 0 Å². The molecule has 0 spiro atoms. The zero-order chi connectivity index (χ0) is 14.4. The first-order valence-corrected chi connectivity index (χ1v) is 6.86. The van der Waals surface area contributed by atoms with Crippen molar-refractivity contribution >= 4 is 52.5 Å². The number of alkyl halides is 2. The molecule has 0 atom stereocenters. The Morgan fingerprint density at radius 1 is 1.21 bits per heavy atom. The molecule has 0 unspecified atom stereocenters. The zero-order valence-electron chi connectivity index (χ0n) is 10.5. The Kier molecular flexibility index (Phi) is 6.54. The van der Waals surface area contributed by atoms with Crippen molar-refractivity contribution in [3.05, 3.63) is 5.28 Å². The van der Waals surface area contributed by atoms with E-state index in [1.807, 2.05) is 13.8 Å². The van der Waals surface area contributed by atoms with E-state index in [9.17, 15) is 4.79 Å². The van der Waals surface area contributed by atoms with Crippen molar-refractivity contribution in [3.63, 3.8) is 0 Å². The van der Waals surface area contributed by atoms with Gasteiger partial charge in [-0.2, -0.15) is 15.0 Å². The number of aromatic nitrogens is 3. The van der Waals surface area contributed by atoms with Gasteiger partial charge in [0, 0.05) is 19.0 Å². The van der Waals surface area contributed by atoms with Crippen LogP contribution in [0.3, 0.4) is 0 Å². The monoisotopic (exact) mass is 325 g/mol. The maximum atomic E-state index is 11.2. The van der Waals surface area contributed by atoms with Crippen molar-refractivity contribution < 1.29 is 4.79 Å². The zero-order valence-corrected chi connectivity index (χ0v) is 12.7. The largest absolute Gasteiger partial charge is 0.354 e. The first-order chi connectivity index (χ1) is 8.88. The number of Topliss-reactive ketones (excluding diaryl/α,β-unsaturated/α-hetero) is 1. The van der Waals surface area contributed by atoms with Gasteiger partial charge in [0.2, 0.25) is 17.2 Å². The van der Waals surface area contributed by atoms with E-state index in [0.29, 0.717) is 12.5 Å². The molecule has 0 aliphatic heterocycles. The van der Waals surface area contributed by atoms with Crippen LogP contribution >= 0.6 is 34.8 Å². The van der Waals surface area contributed by atoms with Gasteiger partial charge in [0.25, 0.3) is 0 Å². The van der Waals surface area contributed by atoms with Gasteiger partial charge in [0.15, 0.2) is 10.6 Å². The van der Waals surface area contributed by atoms with Crippen LogP contribution in [0.5, 0.6) is 0 Å². The summed E-state index contributed by atoms with van der Waals surface area (Å²) in [7, 11) is 0. The topological polar surface area (TPSA) is 79.8 Å². The maximum absolute atomic E-state index is 11.2. The number of ketones is 1. The van der Waals surface area contributed by atoms with E-state index in [1.54, 1.807) is 0 Å². The number of nitrogens with zero attached hydrogens (tertiary/aromatic N) is 3. The lowest BCUT2D eigenvalue weighted by atomic mass is 10.3. The molecule has 1 aromatic rings. The normalized spacial score (nSPS) is 10.9. The van der Waals surface area contributed by atoms with Crippen molar-refractivity contribution in [2.75, 3.05) is 17.2 Å². The number of halogens is 3. The average Bonchev–Trinajstić information content (AvgIpc) is 2.26. The van der Waals surface area contributed by atoms with Gasteiger partial charge in [-0.3, -0.25) is 4.79 Å². The lowest BCUT2D eigenvalue weighted by molar-refractivity contribution is -0.117. The van der Waals surface area contributed by atoms with Crippen LogP contribution in [0, 0.1) is 0 Å². The Balaban J connectivity index is 2.58. The van der Waals surface area contributed by atoms with Crippen LogP contribution < -0.4 is 10.6 Å². The van der Waals surface area contributed by atoms with Crippen LogP contribution in [-0.2, 0) is 4.79 Å². The summed E-state index contributed by atoms with van der Waals surface area (Å²) in [4.78, 5) is 22.1. The van der Waals surface area contributed by atoms with Crippen molar-refractivity contribution in [1.82, 2.24) is 15.0 Å². The minimum absolute atomic E-state index is 0.0690. The van der Waals surface area contributed by atoms with Crippen molar-refractivity contribution in [2.45, 2.75) is 31.1 Å². The Labute approximate surface area is 126 Å². The Morgan fingerprint density at radius 2 is 1.84 bits per heavy atom. The van der Waals surface area contributed by atoms with Crippen LogP contribution in [0.25, 0.3) is 0 Å². The molecule has 106 valence electrons. The number of nitrogens with one attached hydrogen (secondary N) is 2. The highest BCUT2D eigenvalue weighted by molar-refractivity contribution is 6.53. The fourth-order valence-corrected chi connectivity index (χ4v) is 1.54. The predicted molar refractivity (Wildman–Crippen MR) is 77.2 cm³/mol. The molecule has 0 amide bonds. The minimum Gasteiger partial charge on any atom is -0.354 e. The average molecular weight is 327 g/mol. The molecule has 0 bridgehead atoms. The molecule has 0 aromatic carbocycles. The van der Waals surface area contributed by atoms with E-state index >= 15 is 0 Å². The van der Waals surface area contributed by atoms with Gasteiger partial charge in [-0.1, -0.05) is 23.2 Å². The number of carbonyl (C=O) groups is 1. The van der Waals surface area contributed by atoms with Crippen molar-refractivity contribution in [2.24, 2.45) is 0 Å². The molecule has 0 saturated heterocycles. The second-order valence-corrected chi connectivity index (χ2v) is 5.43. The fraction of sp³-hybridized carbons (Fsp3) is 0.600. The van der Waals surface area contributed by atoms with E-state index in [0.717, 1.165) is 0 Å². The highest BCUT2D eigenvalue weighted by Crippen LogP contribution is 2.11. The molecule has 1 aromatic heterocycles. The van der Waals surface area contributed by atoms with Gasteiger partial charge >= 0.3 is 0 Å². The number of hydrogen-bond acceptors (Lipinski definition) is 6. The number of anilines is 2. The molecule has 0 fully saturated rings. The standard InChI is InChI=1S/C10H14Cl3N5O/c1-5(2)15-10-17-8(13)16-9(18-10)14-4-3-6(19)7(11)12/h5,7H,3-4H2,1-2H3,(H2,14,15,16,17,18). The third-order valence-corrected chi connectivity index (χ3v) is 2.58. The molecule has 0 saturated carbocycles. The van der Waals surface area contributed by atoms with Crippen LogP contribution in [-0.4, -0.2) is 38.2 Å². The first-order valence-electron chi connectivity index (χ1n) is 5.61. The van der Waals surface area contributed by atoms with Crippen LogP contribution in [0.4, 0.5) is 11.9 Å². The summed E-state index contributed by atoms with van der Waals surface area (Å²) in [6.07, 6.45) is 0.175. The molecule has 9 heteroatoms. The van der Waals surface area contributed by atoms with E-state index < -0.39 is 4.84 Å². The van der Waals surface area contributed by atoms with Crippen molar-refractivity contribution in [1.29, 1.82) is 0 Å². The molecular formula is C10H14Cl3N5O. The van der Waals surface area contributed by atoms with Crippen molar-refractivity contribution in [3.8, 4) is 0 Å². The maximum Gasteiger partial charge on any atom is 0.228 e. The minimum atomic E-state index is -1.01. The summed E-state index contributed by atoms with van der Waals surface area (Å²) in [5.74, 6) is 0.393. The summed E-state index contributed by atoms with van der Waals surface area (Å²) in [6, 6.07) is 0.168. The third-order valence-electron chi connectivity index (χ3n) is 1.92. The first kappa shape index (κ1) is 16.2. The SMILES string of the molecule is CC(C)Nc1nc(Cl)nc(NCCC(=O)C(Cl)Cl)n1. The molecule has 1 heterocycles. The van der Waals surface area contributed by atoms with Gasteiger partial charge in [-0.05, 0) is 25.4 Å². The summed E-state index contributed by atoms with van der Waals surface area (Å²) in [6.45, 7) is 4.21. The van der Waals surface area contributed by atoms with Gasteiger partial charge < -0.3 is 10.6 Å². The molecule has 2 N–H and O–H groups in total. The quantitative estimate of drug-likeness (QED) is 0.750. The van der Waals surface area contributed by atoms with Gasteiger partial charge in [0.1, 0.15) is 0 Å². The lowest BCUT2D eigenvalue weighted by Crippen LogP contribution is -2.17. The number of hydrogen-bond donors (Lipinski definition) is 2. The summed E-state index contributed by atoms with van der Waals surface area (Å²) >= 11 is 16.6. The summed E-state index contributed by atoms with van der Waals surface area (Å²) in [5.41, 5.74) is 0. The summed E-state index contributed by atoms with van der Waals surface area (Å²) in [5, 5.41) is 5.94. The number of carbonyl (C=O) groups excluding carboxylic acids is 1. The third kappa shape index (κ3) is 6.22. The van der Waals surface area contributed by atoms with E-state index in [1.165, 1.54) is 0 Å². The Hall–Kier alpha value is -0.850. The molecule has 0 aliphatic carbocycles. The Morgan fingerprint density at radius 3 is 2.42 bits per heavy atom.